The molecule has 1 aromatic heterocycles. The molecule has 0 saturated heterocycles. The van der Waals surface area contributed by atoms with Crippen LogP contribution in [0.5, 0.6) is 5.75 Å². The first kappa shape index (κ1) is 20.5. The number of rotatable bonds is 6. The van der Waals surface area contributed by atoms with E-state index in [1.165, 1.54) is 4.90 Å². The van der Waals surface area contributed by atoms with E-state index in [9.17, 15) is 9.59 Å². The van der Waals surface area contributed by atoms with Gasteiger partial charge in [0.25, 0.3) is 5.56 Å². The highest BCUT2D eigenvalue weighted by molar-refractivity contribution is 5.80. The van der Waals surface area contributed by atoms with Crippen LogP contribution in [0.2, 0.25) is 0 Å². The van der Waals surface area contributed by atoms with Gasteiger partial charge in [-0.05, 0) is 43.7 Å². The number of H-pyrrole nitrogens is 1. The molecule has 0 aliphatic heterocycles. The number of pyridine rings is 1. The number of urea groups is 1. The van der Waals surface area contributed by atoms with Crippen molar-refractivity contribution in [3.8, 4) is 5.75 Å². The van der Waals surface area contributed by atoms with Crippen LogP contribution in [0.25, 0.3) is 10.9 Å². The second-order valence-electron chi connectivity index (χ2n) is 7.32. The molecule has 6 heteroatoms. The summed E-state index contributed by atoms with van der Waals surface area (Å²) in [6.45, 7) is 5.17. The zero-order valence-corrected chi connectivity index (χ0v) is 17.4. The fraction of sp³-hybridized carbons (Fsp3) is 0.304. The van der Waals surface area contributed by atoms with E-state index in [-0.39, 0.29) is 18.1 Å². The molecule has 0 radical (unpaired) electrons. The van der Waals surface area contributed by atoms with E-state index in [1.54, 1.807) is 19.0 Å². The van der Waals surface area contributed by atoms with Crippen molar-refractivity contribution in [3.63, 3.8) is 0 Å². The third-order valence-corrected chi connectivity index (χ3v) is 4.71. The van der Waals surface area contributed by atoms with E-state index in [1.807, 2.05) is 62.4 Å². The summed E-state index contributed by atoms with van der Waals surface area (Å²) in [5.74, 6) is 0.749. The van der Waals surface area contributed by atoms with Crippen molar-refractivity contribution < 1.29 is 9.53 Å². The van der Waals surface area contributed by atoms with Crippen LogP contribution < -0.4 is 10.3 Å². The van der Waals surface area contributed by atoms with Crippen molar-refractivity contribution in [1.29, 1.82) is 0 Å². The van der Waals surface area contributed by atoms with Crippen molar-refractivity contribution in [2.45, 2.75) is 26.9 Å². The molecule has 3 aromatic rings. The van der Waals surface area contributed by atoms with Crippen molar-refractivity contribution >= 4 is 16.9 Å². The Labute approximate surface area is 170 Å². The summed E-state index contributed by atoms with van der Waals surface area (Å²) in [4.78, 5) is 31.5. The monoisotopic (exact) mass is 393 g/mol. The van der Waals surface area contributed by atoms with E-state index in [0.717, 1.165) is 27.8 Å². The average Bonchev–Trinajstić information content (AvgIpc) is 2.69. The third kappa shape index (κ3) is 4.96. The number of carbonyl (C=O) groups is 1. The maximum atomic E-state index is 12.8. The van der Waals surface area contributed by atoms with Crippen LogP contribution in [0.3, 0.4) is 0 Å². The number of ether oxygens (including phenoxy) is 1. The van der Waals surface area contributed by atoms with Crippen molar-refractivity contribution in [2.75, 3.05) is 20.7 Å². The molecule has 1 heterocycles. The van der Waals surface area contributed by atoms with E-state index < -0.39 is 0 Å². The Morgan fingerprint density at radius 1 is 1.03 bits per heavy atom. The number of aromatic nitrogens is 1. The molecular weight excluding hydrogens is 366 g/mol. The lowest BCUT2D eigenvalue weighted by Crippen LogP contribution is -2.39. The highest BCUT2D eigenvalue weighted by Gasteiger charge is 2.18. The summed E-state index contributed by atoms with van der Waals surface area (Å²) >= 11 is 0. The number of amides is 2. The smallest absolute Gasteiger partial charge is 0.320 e. The maximum absolute atomic E-state index is 12.8. The van der Waals surface area contributed by atoms with Crippen molar-refractivity contribution in [1.82, 2.24) is 14.8 Å². The number of fused-ring (bicyclic) bond motifs is 1. The average molecular weight is 393 g/mol. The number of hydrogen-bond acceptors (Lipinski definition) is 3. The number of hydrogen-bond donors (Lipinski definition) is 1. The Bertz CT molecular complexity index is 1060. The molecule has 0 aliphatic carbocycles. The number of benzene rings is 2. The second-order valence-corrected chi connectivity index (χ2v) is 7.32. The molecule has 152 valence electrons. The quantitative estimate of drug-likeness (QED) is 0.690. The zero-order valence-electron chi connectivity index (χ0n) is 17.4. The predicted octanol–water partition coefficient (Wildman–Crippen LogP) is 3.92. The van der Waals surface area contributed by atoms with Crippen LogP contribution in [0.15, 0.2) is 53.3 Å². The predicted molar refractivity (Wildman–Crippen MR) is 115 cm³/mol. The minimum absolute atomic E-state index is 0.145. The van der Waals surface area contributed by atoms with Gasteiger partial charge in [-0.25, -0.2) is 4.79 Å². The molecular formula is C23H27N3O3. The lowest BCUT2D eigenvalue weighted by Gasteiger charge is -2.26. The first-order chi connectivity index (χ1) is 13.9. The molecule has 0 aliphatic rings. The number of carbonyl (C=O) groups excluding carboxylic acids is 1. The van der Waals surface area contributed by atoms with Gasteiger partial charge in [0.1, 0.15) is 5.75 Å². The molecule has 29 heavy (non-hydrogen) atoms. The van der Waals surface area contributed by atoms with Gasteiger partial charge in [0.05, 0.1) is 13.2 Å². The molecule has 6 nitrogen and oxygen atoms in total. The molecule has 0 spiro atoms. The minimum atomic E-state index is -0.192. The van der Waals surface area contributed by atoms with E-state index in [4.69, 9.17) is 4.74 Å². The van der Waals surface area contributed by atoms with Crippen LogP contribution >= 0.6 is 0 Å². The molecule has 0 unspecified atom stereocenters. The van der Waals surface area contributed by atoms with Crippen LogP contribution in [0, 0.1) is 6.92 Å². The SMILES string of the molecule is CCOc1ccc2[nH]c(=O)c(CN(Cc3ccc(C)cc3)C(=O)N(C)C)cc2c1. The Balaban J connectivity index is 1.93. The molecule has 0 bridgehead atoms. The molecule has 2 amide bonds. The van der Waals surface area contributed by atoms with E-state index >= 15 is 0 Å². The highest BCUT2D eigenvalue weighted by atomic mass is 16.5. The van der Waals surface area contributed by atoms with Gasteiger partial charge in [-0.3, -0.25) is 4.79 Å². The Kier molecular flexibility index (Phi) is 6.22. The zero-order chi connectivity index (χ0) is 21.0. The minimum Gasteiger partial charge on any atom is -0.494 e. The fourth-order valence-corrected chi connectivity index (χ4v) is 3.20. The largest absolute Gasteiger partial charge is 0.494 e. The summed E-state index contributed by atoms with van der Waals surface area (Å²) in [6, 6.07) is 15.3. The highest BCUT2D eigenvalue weighted by Crippen LogP contribution is 2.20. The van der Waals surface area contributed by atoms with Gasteiger partial charge in [0.2, 0.25) is 0 Å². The van der Waals surface area contributed by atoms with E-state index in [2.05, 4.69) is 4.98 Å². The van der Waals surface area contributed by atoms with Gasteiger partial charge < -0.3 is 19.5 Å². The Hall–Kier alpha value is -3.28. The Morgan fingerprint density at radius 3 is 2.41 bits per heavy atom. The number of aromatic amines is 1. The molecule has 1 N–H and O–H groups in total. The standard InChI is InChI=1S/C23H27N3O3/c1-5-29-20-10-11-21-18(13-20)12-19(22(27)24-21)15-26(23(28)25(3)4)14-17-8-6-16(2)7-9-17/h6-13H,5,14-15H2,1-4H3,(H,24,27). The molecule has 0 fully saturated rings. The third-order valence-electron chi connectivity index (χ3n) is 4.71. The van der Waals surface area contributed by atoms with Crippen LogP contribution in [-0.4, -0.2) is 41.5 Å². The van der Waals surface area contributed by atoms with Gasteiger partial charge in [-0.15, -0.1) is 0 Å². The van der Waals surface area contributed by atoms with Crippen molar-refractivity contribution in [2.24, 2.45) is 0 Å². The first-order valence-corrected chi connectivity index (χ1v) is 9.68. The lowest BCUT2D eigenvalue weighted by atomic mass is 10.1. The van der Waals surface area contributed by atoms with Crippen LogP contribution in [0.1, 0.15) is 23.6 Å². The lowest BCUT2D eigenvalue weighted by molar-refractivity contribution is 0.165. The number of aryl methyl sites for hydroxylation is 1. The first-order valence-electron chi connectivity index (χ1n) is 9.68. The van der Waals surface area contributed by atoms with Crippen LogP contribution in [-0.2, 0) is 13.1 Å². The molecule has 0 atom stereocenters. The second kappa shape index (κ2) is 8.82. The number of nitrogens with one attached hydrogen (secondary N) is 1. The van der Waals surface area contributed by atoms with Gasteiger partial charge in [-0.1, -0.05) is 29.8 Å². The van der Waals surface area contributed by atoms with Gasteiger partial charge in [0, 0.05) is 37.1 Å². The summed E-state index contributed by atoms with van der Waals surface area (Å²) in [5.41, 5.74) is 3.26. The summed E-state index contributed by atoms with van der Waals surface area (Å²) < 4.78 is 5.56. The molecule has 2 aromatic carbocycles. The number of nitrogens with zero attached hydrogens (tertiary/aromatic N) is 2. The normalized spacial score (nSPS) is 10.8. The van der Waals surface area contributed by atoms with Crippen LogP contribution in [0.4, 0.5) is 4.79 Å². The molecule has 0 saturated carbocycles. The van der Waals surface area contributed by atoms with E-state index in [0.29, 0.717) is 18.7 Å². The van der Waals surface area contributed by atoms with Gasteiger partial charge in [0.15, 0.2) is 0 Å². The Morgan fingerprint density at radius 2 is 1.76 bits per heavy atom. The van der Waals surface area contributed by atoms with Crippen molar-refractivity contribution in [3.05, 3.63) is 75.6 Å². The summed E-state index contributed by atoms with van der Waals surface area (Å²) in [7, 11) is 3.42. The van der Waals surface area contributed by atoms with Gasteiger partial charge in [-0.2, -0.15) is 0 Å². The summed E-state index contributed by atoms with van der Waals surface area (Å²) in [5, 5.41) is 0.873. The van der Waals surface area contributed by atoms with Gasteiger partial charge >= 0.3 is 6.03 Å². The topological polar surface area (TPSA) is 65.6 Å². The molecule has 3 rings (SSSR count). The fourth-order valence-electron chi connectivity index (χ4n) is 3.20. The summed E-state index contributed by atoms with van der Waals surface area (Å²) in [6.07, 6.45) is 0. The maximum Gasteiger partial charge on any atom is 0.320 e.